The fraction of sp³-hybridized carbons (Fsp3) is 0. The van der Waals surface area contributed by atoms with E-state index < -0.39 is 0 Å². The monoisotopic (exact) mass is 160 g/mol. The van der Waals surface area contributed by atoms with Crippen LogP contribution >= 0.6 is 0 Å². The van der Waals surface area contributed by atoms with Crippen molar-refractivity contribution < 1.29 is 4.42 Å². The number of fused-ring (bicyclic) bond motifs is 1. The first-order valence-corrected chi connectivity index (χ1v) is 3.63. The third kappa shape index (κ3) is 1.05. The Labute approximate surface area is 69.1 Å². The van der Waals surface area contributed by atoms with Crippen LogP contribution in [0.5, 0.6) is 0 Å². The Morgan fingerprint density at radius 2 is 1.92 bits per heavy atom. The molecule has 0 unspecified atom stereocenters. The van der Waals surface area contributed by atoms with Crippen molar-refractivity contribution in [1.82, 2.24) is 0 Å². The summed E-state index contributed by atoms with van der Waals surface area (Å²) in [6.07, 6.45) is 0. The van der Waals surface area contributed by atoms with E-state index in [0.717, 1.165) is 11.0 Å². The lowest BCUT2D eigenvalue weighted by atomic mass is 10.2. The molecule has 0 atom stereocenters. The minimum atomic E-state index is 0.439. The van der Waals surface area contributed by atoms with E-state index in [1.807, 2.05) is 30.3 Å². The van der Waals surface area contributed by atoms with Gasteiger partial charge in [-0.1, -0.05) is 18.2 Å². The van der Waals surface area contributed by atoms with Gasteiger partial charge >= 0.3 is 0 Å². The van der Waals surface area contributed by atoms with Crippen molar-refractivity contribution in [1.29, 1.82) is 0 Å². The van der Waals surface area contributed by atoms with Crippen LogP contribution in [0.2, 0.25) is 0 Å². The second-order valence-electron chi connectivity index (χ2n) is 2.44. The van der Waals surface area contributed by atoms with E-state index in [4.69, 9.17) is 10.3 Å². The third-order valence-corrected chi connectivity index (χ3v) is 1.67. The van der Waals surface area contributed by atoms with Gasteiger partial charge in [-0.15, -0.1) is 5.10 Å². The van der Waals surface area contributed by atoms with Gasteiger partial charge in [-0.3, -0.25) is 0 Å². The fourth-order valence-electron chi connectivity index (χ4n) is 1.09. The average Bonchev–Trinajstić information content (AvgIpc) is 2.17. The highest BCUT2D eigenvalue weighted by molar-refractivity contribution is 5.75. The molecule has 1 aromatic carbocycles. The number of nitrogens with two attached hydrogens (primary N) is 1. The first-order chi connectivity index (χ1) is 5.90. The summed E-state index contributed by atoms with van der Waals surface area (Å²) in [5.41, 5.74) is 1.23. The zero-order valence-electron chi connectivity index (χ0n) is 6.40. The number of hydrogen-bond donors (Lipinski definition) is 1. The van der Waals surface area contributed by atoms with Gasteiger partial charge in [0.05, 0.1) is 0 Å². The molecule has 2 aromatic rings. The van der Waals surface area contributed by atoms with E-state index in [2.05, 4.69) is 5.10 Å². The molecule has 0 saturated carbocycles. The topological polar surface area (TPSA) is 51.5 Å². The molecule has 0 aliphatic heterocycles. The molecule has 0 saturated heterocycles. The Morgan fingerprint density at radius 3 is 2.75 bits per heavy atom. The van der Waals surface area contributed by atoms with Crippen molar-refractivity contribution in [2.75, 3.05) is 0 Å². The van der Waals surface area contributed by atoms with Gasteiger partial charge in [0.15, 0.2) is 0 Å². The van der Waals surface area contributed by atoms with Crippen LogP contribution in [0.25, 0.3) is 11.0 Å². The molecule has 3 heteroatoms. The molecule has 1 heterocycles. The largest absolute Gasteiger partial charge is 0.437 e. The van der Waals surface area contributed by atoms with Crippen molar-refractivity contribution in [3.05, 3.63) is 42.0 Å². The van der Waals surface area contributed by atoms with Crippen LogP contribution in [-0.2, 0) is 0 Å². The van der Waals surface area contributed by atoms with Gasteiger partial charge in [0.2, 0.25) is 5.55 Å². The molecule has 2 rings (SSSR count). The van der Waals surface area contributed by atoms with Gasteiger partial charge < -0.3 is 10.3 Å². The molecule has 0 radical (unpaired) electrons. The summed E-state index contributed by atoms with van der Waals surface area (Å²) in [5, 5.41) is 4.50. The zero-order valence-corrected chi connectivity index (χ0v) is 6.40. The van der Waals surface area contributed by atoms with Crippen molar-refractivity contribution >= 4 is 11.0 Å². The zero-order chi connectivity index (χ0) is 8.39. The van der Waals surface area contributed by atoms with Gasteiger partial charge in [-0.2, -0.15) is 0 Å². The standard InChI is InChI=1S/C9H8N2O/c10-11-9-6-5-7-3-1-2-4-8(7)12-9/h1-6H,10H2/b11-9+. The van der Waals surface area contributed by atoms with E-state index in [1.54, 1.807) is 6.07 Å². The van der Waals surface area contributed by atoms with Gasteiger partial charge in [-0.25, -0.2) is 0 Å². The Bertz CT molecular complexity index is 459. The molecule has 0 aliphatic rings. The van der Waals surface area contributed by atoms with Crippen LogP contribution < -0.4 is 11.4 Å². The van der Waals surface area contributed by atoms with Crippen molar-refractivity contribution in [3.63, 3.8) is 0 Å². The highest BCUT2D eigenvalue weighted by Crippen LogP contribution is 2.09. The summed E-state index contributed by atoms with van der Waals surface area (Å²) < 4.78 is 5.32. The van der Waals surface area contributed by atoms with Crippen LogP contribution in [0, 0.1) is 0 Å². The van der Waals surface area contributed by atoms with Crippen LogP contribution in [0.15, 0.2) is 45.9 Å². The molecular formula is C9H8N2O. The van der Waals surface area contributed by atoms with Crippen molar-refractivity contribution in [2.24, 2.45) is 10.9 Å². The molecule has 0 fully saturated rings. The Morgan fingerprint density at radius 1 is 1.08 bits per heavy atom. The molecule has 2 N–H and O–H groups in total. The summed E-state index contributed by atoms with van der Waals surface area (Å²) in [6.45, 7) is 0. The number of hydrogen-bond acceptors (Lipinski definition) is 3. The number of nitrogens with zero attached hydrogens (tertiary/aromatic N) is 1. The Kier molecular flexibility index (Phi) is 1.55. The number of rotatable bonds is 0. The average molecular weight is 160 g/mol. The third-order valence-electron chi connectivity index (χ3n) is 1.67. The lowest BCUT2D eigenvalue weighted by Gasteiger charge is -1.93. The van der Waals surface area contributed by atoms with Crippen LogP contribution in [0.3, 0.4) is 0 Å². The molecule has 0 aliphatic carbocycles. The molecule has 1 aromatic heterocycles. The van der Waals surface area contributed by atoms with Crippen molar-refractivity contribution in [2.45, 2.75) is 0 Å². The van der Waals surface area contributed by atoms with Gasteiger partial charge in [0.25, 0.3) is 0 Å². The van der Waals surface area contributed by atoms with E-state index in [-0.39, 0.29) is 0 Å². The Hall–Kier alpha value is -1.77. The maximum Gasteiger partial charge on any atom is 0.235 e. The van der Waals surface area contributed by atoms with Gasteiger partial charge in [0.1, 0.15) is 5.58 Å². The second kappa shape index (κ2) is 2.70. The normalized spacial score (nSPS) is 12.2. The Balaban J connectivity index is 2.85. The van der Waals surface area contributed by atoms with Gasteiger partial charge in [-0.05, 0) is 12.1 Å². The SMILES string of the molecule is N/N=c1\ccc2ccccc2o1. The summed E-state index contributed by atoms with van der Waals surface area (Å²) in [5.74, 6) is 5.07. The summed E-state index contributed by atoms with van der Waals surface area (Å²) >= 11 is 0. The van der Waals surface area contributed by atoms with E-state index in [0.29, 0.717) is 5.55 Å². The van der Waals surface area contributed by atoms with Crippen molar-refractivity contribution in [3.8, 4) is 0 Å². The minimum Gasteiger partial charge on any atom is -0.437 e. The first-order valence-electron chi connectivity index (χ1n) is 3.63. The predicted molar refractivity (Wildman–Crippen MR) is 46.0 cm³/mol. The quantitative estimate of drug-likeness (QED) is 0.465. The minimum absolute atomic E-state index is 0.439. The van der Waals surface area contributed by atoms with E-state index in [1.165, 1.54) is 0 Å². The van der Waals surface area contributed by atoms with Gasteiger partial charge in [0, 0.05) is 11.5 Å². The van der Waals surface area contributed by atoms with E-state index in [9.17, 15) is 0 Å². The highest BCUT2D eigenvalue weighted by atomic mass is 16.3. The first kappa shape index (κ1) is 6.91. The van der Waals surface area contributed by atoms with Crippen LogP contribution in [0.4, 0.5) is 0 Å². The van der Waals surface area contributed by atoms with E-state index >= 15 is 0 Å². The lowest BCUT2D eigenvalue weighted by molar-refractivity contribution is 0.537. The molecule has 0 bridgehead atoms. The van der Waals surface area contributed by atoms with Crippen LogP contribution in [-0.4, -0.2) is 0 Å². The molecular weight excluding hydrogens is 152 g/mol. The maximum atomic E-state index is 5.32. The smallest absolute Gasteiger partial charge is 0.235 e. The predicted octanol–water partition coefficient (Wildman–Crippen LogP) is 1.21. The molecule has 3 nitrogen and oxygen atoms in total. The molecule has 0 amide bonds. The molecule has 0 spiro atoms. The summed E-state index contributed by atoms with van der Waals surface area (Å²) in [4.78, 5) is 0. The highest BCUT2D eigenvalue weighted by Gasteiger charge is 1.91. The molecule has 12 heavy (non-hydrogen) atoms. The number of benzene rings is 1. The summed E-state index contributed by atoms with van der Waals surface area (Å²) in [6, 6.07) is 11.4. The molecule has 60 valence electrons. The lowest BCUT2D eigenvalue weighted by Crippen LogP contribution is -2.02. The second-order valence-corrected chi connectivity index (χ2v) is 2.44. The maximum absolute atomic E-state index is 5.32. The number of para-hydroxylation sites is 1. The fourth-order valence-corrected chi connectivity index (χ4v) is 1.09. The van der Waals surface area contributed by atoms with Crippen LogP contribution in [0.1, 0.15) is 0 Å². The summed E-state index contributed by atoms with van der Waals surface area (Å²) in [7, 11) is 0.